The molecule has 0 aliphatic heterocycles. The second kappa shape index (κ2) is 10.6. The minimum atomic E-state index is -0.0668. The summed E-state index contributed by atoms with van der Waals surface area (Å²) in [4.78, 5) is 12.3. The van der Waals surface area contributed by atoms with Gasteiger partial charge in [-0.15, -0.1) is 12.4 Å². The highest BCUT2D eigenvalue weighted by Gasteiger charge is 2.09. The Morgan fingerprint density at radius 1 is 1.00 bits per heavy atom. The van der Waals surface area contributed by atoms with Gasteiger partial charge in [-0.3, -0.25) is 4.79 Å². The molecule has 0 aliphatic carbocycles. The Morgan fingerprint density at radius 2 is 1.76 bits per heavy atom. The molecule has 136 valence electrons. The van der Waals surface area contributed by atoms with Crippen molar-refractivity contribution in [3.63, 3.8) is 0 Å². The molecule has 2 aromatic carbocycles. The standard InChI is InChI=1S/C19H24N2O3.ClH/c1-4-20-13-15-6-5-7-16(10-15)21-19(22)12-14-8-9-17(23-2)18(11-14)24-3;/h5-11,20H,4,12-13H2,1-3H3,(H,21,22);1H. The fraction of sp³-hybridized carbons (Fsp3) is 0.316. The third-order valence-corrected chi connectivity index (χ3v) is 3.60. The third kappa shape index (κ3) is 6.29. The molecule has 2 rings (SSSR count). The number of methoxy groups -OCH3 is 2. The molecule has 25 heavy (non-hydrogen) atoms. The summed E-state index contributed by atoms with van der Waals surface area (Å²) >= 11 is 0. The van der Waals surface area contributed by atoms with Crippen LogP contribution in [0.4, 0.5) is 5.69 Å². The van der Waals surface area contributed by atoms with E-state index in [2.05, 4.69) is 17.6 Å². The molecule has 0 unspecified atom stereocenters. The predicted octanol–water partition coefficient (Wildman–Crippen LogP) is 3.42. The van der Waals surface area contributed by atoms with Crippen molar-refractivity contribution in [2.24, 2.45) is 0 Å². The van der Waals surface area contributed by atoms with Crippen molar-refractivity contribution < 1.29 is 14.3 Å². The quantitative estimate of drug-likeness (QED) is 0.753. The van der Waals surface area contributed by atoms with Crippen molar-refractivity contribution in [2.75, 3.05) is 26.1 Å². The zero-order valence-corrected chi connectivity index (χ0v) is 15.6. The monoisotopic (exact) mass is 364 g/mol. The van der Waals surface area contributed by atoms with E-state index in [9.17, 15) is 4.79 Å². The molecule has 0 aliphatic rings. The van der Waals surface area contributed by atoms with Crippen LogP contribution < -0.4 is 20.1 Å². The van der Waals surface area contributed by atoms with Gasteiger partial charge in [-0.2, -0.15) is 0 Å². The molecule has 5 nitrogen and oxygen atoms in total. The van der Waals surface area contributed by atoms with Crippen LogP contribution in [-0.4, -0.2) is 26.7 Å². The van der Waals surface area contributed by atoms with E-state index >= 15 is 0 Å². The van der Waals surface area contributed by atoms with Crippen LogP contribution in [0.3, 0.4) is 0 Å². The van der Waals surface area contributed by atoms with Gasteiger partial charge in [-0.25, -0.2) is 0 Å². The Morgan fingerprint density at radius 3 is 2.44 bits per heavy atom. The maximum absolute atomic E-state index is 12.3. The first kappa shape index (κ1) is 20.8. The number of hydrogen-bond donors (Lipinski definition) is 2. The van der Waals surface area contributed by atoms with Crippen molar-refractivity contribution in [3.8, 4) is 11.5 Å². The molecule has 0 saturated carbocycles. The lowest BCUT2D eigenvalue weighted by Gasteiger charge is -2.10. The molecular weight excluding hydrogens is 340 g/mol. The number of rotatable bonds is 8. The van der Waals surface area contributed by atoms with Crippen LogP contribution in [0.2, 0.25) is 0 Å². The van der Waals surface area contributed by atoms with E-state index in [0.29, 0.717) is 11.5 Å². The summed E-state index contributed by atoms with van der Waals surface area (Å²) in [6.07, 6.45) is 0.276. The van der Waals surface area contributed by atoms with Crippen LogP contribution >= 0.6 is 12.4 Å². The summed E-state index contributed by atoms with van der Waals surface area (Å²) < 4.78 is 10.5. The Balaban J connectivity index is 0.00000312. The molecule has 6 heteroatoms. The number of carbonyl (C=O) groups is 1. The summed E-state index contributed by atoms with van der Waals surface area (Å²) in [6.45, 7) is 3.76. The largest absolute Gasteiger partial charge is 0.493 e. The summed E-state index contributed by atoms with van der Waals surface area (Å²) in [6, 6.07) is 13.3. The molecule has 0 bridgehead atoms. The number of halogens is 1. The van der Waals surface area contributed by atoms with Crippen molar-refractivity contribution in [2.45, 2.75) is 19.9 Å². The van der Waals surface area contributed by atoms with E-state index in [1.54, 1.807) is 20.3 Å². The van der Waals surface area contributed by atoms with Crippen LogP contribution in [0.15, 0.2) is 42.5 Å². The van der Waals surface area contributed by atoms with Gasteiger partial charge in [-0.1, -0.05) is 25.1 Å². The smallest absolute Gasteiger partial charge is 0.228 e. The summed E-state index contributed by atoms with van der Waals surface area (Å²) in [5.41, 5.74) is 2.81. The van der Waals surface area contributed by atoms with Gasteiger partial charge in [0, 0.05) is 12.2 Å². The van der Waals surface area contributed by atoms with Crippen LogP contribution in [0, 0.1) is 0 Å². The van der Waals surface area contributed by atoms with E-state index in [1.807, 2.05) is 36.4 Å². The normalized spacial score (nSPS) is 9.88. The lowest BCUT2D eigenvalue weighted by molar-refractivity contribution is -0.115. The zero-order valence-electron chi connectivity index (χ0n) is 14.8. The van der Waals surface area contributed by atoms with Gasteiger partial charge in [0.2, 0.25) is 5.91 Å². The van der Waals surface area contributed by atoms with Gasteiger partial charge in [0.25, 0.3) is 0 Å². The first-order valence-corrected chi connectivity index (χ1v) is 7.96. The lowest BCUT2D eigenvalue weighted by Crippen LogP contribution is -2.15. The first-order valence-electron chi connectivity index (χ1n) is 7.96. The molecule has 2 aromatic rings. The highest BCUT2D eigenvalue weighted by atomic mass is 35.5. The van der Waals surface area contributed by atoms with Gasteiger partial charge in [0.15, 0.2) is 11.5 Å². The fourth-order valence-corrected chi connectivity index (χ4v) is 2.41. The number of nitrogens with one attached hydrogen (secondary N) is 2. The minimum absolute atomic E-state index is 0. The molecule has 0 radical (unpaired) electrons. The fourth-order valence-electron chi connectivity index (χ4n) is 2.41. The third-order valence-electron chi connectivity index (χ3n) is 3.60. The second-order valence-electron chi connectivity index (χ2n) is 5.39. The number of anilines is 1. The average molecular weight is 365 g/mol. The van der Waals surface area contributed by atoms with Gasteiger partial charge < -0.3 is 20.1 Å². The van der Waals surface area contributed by atoms with Crippen LogP contribution in [0.25, 0.3) is 0 Å². The van der Waals surface area contributed by atoms with E-state index in [0.717, 1.165) is 29.9 Å². The van der Waals surface area contributed by atoms with E-state index < -0.39 is 0 Å². The number of hydrogen-bond acceptors (Lipinski definition) is 4. The van der Waals surface area contributed by atoms with Gasteiger partial charge in [-0.05, 0) is 41.9 Å². The van der Waals surface area contributed by atoms with E-state index in [4.69, 9.17) is 9.47 Å². The molecule has 0 fully saturated rings. The van der Waals surface area contributed by atoms with E-state index in [-0.39, 0.29) is 24.7 Å². The van der Waals surface area contributed by atoms with Crippen LogP contribution in [0.1, 0.15) is 18.1 Å². The highest BCUT2D eigenvalue weighted by Crippen LogP contribution is 2.27. The number of benzene rings is 2. The minimum Gasteiger partial charge on any atom is -0.493 e. The van der Waals surface area contributed by atoms with Crippen LogP contribution in [0.5, 0.6) is 11.5 Å². The van der Waals surface area contributed by atoms with Gasteiger partial charge in [0.1, 0.15) is 0 Å². The predicted molar refractivity (Wildman–Crippen MR) is 103 cm³/mol. The van der Waals surface area contributed by atoms with Crippen molar-refractivity contribution >= 4 is 24.0 Å². The SMILES string of the molecule is CCNCc1cccc(NC(=O)Cc2ccc(OC)c(OC)c2)c1.Cl. The molecule has 2 N–H and O–H groups in total. The summed E-state index contributed by atoms with van der Waals surface area (Å²) in [7, 11) is 3.17. The maximum atomic E-state index is 12.3. The molecule has 0 atom stereocenters. The molecule has 0 aromatic heterocycles. The number of amides is 1. The average Bonchev–Trinajstić information content (AvgIpc) is 2.60. The maximum Gasteiger partial charge on any atom is 0.228 e. The Bertz CT molecular complexity index is 692. The molecule has 0 heterocycles. The van der Waals surface area contributed by atoms with Crippen molar-refractivity contribution in [1.82, 2.24) is 5.32 Å². The first-order chi connectivity index (χ1) is 11.7. The van der Waals surface area contributed by atoms with Crippen molar-refractivity contribution in [3.05, 3.63) is 53.6 Å². The lowest BCUT2D eigenvalue weighted by atomic mass is 10.1. The highest BCUT2D eigenvalue weighted by molar-refractivity contribution is 5.92. The molecule has 0 saturated heterocycles. The molecular formula is C19H25ClN2O3. The van der Waals surface area contributed by atoms with Crippen LogP contribution in [-0.2, 0) is 17.8 Å². The Hall–Kier alpha value is -2.24. The number of carbonyl (C=O) groups excluding carboxylic acids is 1. The molecule has 0 spiro atoms. The Labute approximate surface area is 155 Å². The van der Waals surface area contributed by atoms with Crippen molar-refractivity contribution in [1.29, 1.82) is 0 Å². The zero-order chi connectivity index (χ0) is 17.4. The van der Waals surface area contributed by atoms with Gasteiger partial charge >= 0.3 is 0 Å². The number of ether oxygens (including phenoxy) is 2. The topological polar surface area (TPSA) is 59.6 Å². The van der Waals surface area contributed by atoms with E-state index in [1.165, 1.54) is 0 Å². The Kier molecular flexibility index (Phi) is 8.81. The van der Waals surface area contributed by atoms with Gasteiger partial charge in [0.05, 0.1) is 20.6 Å². The summed E-state index contributed by atoms with van der Waals surface area (Å²) in [5, 5.41) is 6.20. The summed E-state index contributed by atoms with van der Waals surface area (Å²) in [5.74, 6) is 1.20. The molecule has 1 amide bonds. The second-order valence-corrected chi connectivity index (χ2v) is 5.39.